The number of fused-ring (bicyclic) bond motifs is 1. The van der Waals surface area contributed by atoms with Gasteiger partial charge in [0.2, 0.25) is 5.91 Å². The molecule has 1 amide bonds. The lowest BCUT2D eigenvalue weighted by Gasteiger charge is -2.32. The van der Waals surface area contributed by atoms with E-state index in [2.05, 4.69) is 26.9 Å². The van der Waals surface area contributed by atoms with Gasteiger partial charge in [-0.25, -0.2) is 4.98 Å². The second-order valence-electron chi connectivity index (χ2n) is 7.76. The first-order valence-electron chi connectivity index (χ1n) is 9.90. The van der Waals surface area contributed by atoms with Crippen LogP contribution >= 0.6 is 0 Å². The van der Waals surface area contributed by atoms with Crippen molar-refractivity contribution in [2.45, 2.75) is 75.9 Å². The number of amides is 1. The van der Waals surface area contributed by atoms with Crippen LogP contribution in [0.25, 0.3) is 0 Å². The molecule has 3 aliphatic rings. The summed E-state index contributed by atoms with van der Waals surface area (Å²) in [6.07, 6.45) is 15.7. The summed E-state index contributed by atoms with van der Waals surface area (Å²) in [6, 6.07) is 0. The van der Waals surface area contributed by atoms with Gasteiger partial charge in [0.05, 0.1) is 0 Å². The summed E-state index contributed by atoms with van der Waals surface area (Å²) in [5.74, 6) is 4.59. The van der Waals surface area contributed by atoms with Gasteiger partial charge in [0.1, 0.15) is 5.82 Å². The van der Waals surface area contributed by atoms with Gasteiger partial charge in [0.25, 0.3) is 0 Å². The summed E-state index contributed by atoms with van der Waals surface area (Å²) in [5.41, 5.74) is 1.04. The Morgan fingerprint density at radius 2 is 2.04 bits per heavy atom. The number of imidazole rings is 1. The predicted octanol–water partition coefficient (Wildman–Crippen LogP) is 3.28. The van der Waals surface area contributed by atoms with Crippen molar-refractivity contribution in [3.8, 4) is 12.3 Å². The minimum Gasteiger partial charge on any atom is -0.343 e. The number of rotatable bonds is 6. The topological polar surface area (TPSA) is 62.9 Å². The van der Waals surface area contributed by atoms with Gasteiger partial charge in [-0.05, 0) is 32.1 Å². The highest BCUT2D eigenvalue weighted by atomic mass is 16.2. The van der Waals surface area contributed by atoms with Gasteiger partial charge in [0, 0.05) is 63.1 Å². The second kappa shape index (κ2) is 7.22. The zero-order valence-corrected chi connectivity index (χ0v) is 15.4. The van der Waals surface area contributed by atoms with Crippen LogP contribution in [0.15, 0.2) is 16.4 Å². The lowest BCUT2D eigenvalue weighted by atomic mass is 9.94. The minimum absolute atomic E-state index is 0.228. The van der Waals surface area contributed by atoms with E-state index < -0.39 is 0 Å². The van der Waals surface area contributed by atoms with Crippen LogP contribution in [0.1, 0.15) is 68.8 Å². The highest BCUT2D eigenvalue weighted by Crippen LogP contribution is 2.38. The number of terminal acetylenes is 1. The molecule has 0 unspecified atom stereocenters. The van der Waals surface area contributed by atoms with Crippen molar-refractivity contribution in [3.63, 3.8) is 0 Å². The van der Waals surface area contributed by atoms with Crippen LogP contribution in [-0.2, 0) is 17.8 Å². The van der Waals surface area contributed by atoms with E-state index >= 15 is 0 Å². The highest BCUT2D eigenvalue weighted by molar-refractivity contribution is 5.76. The third-order valence-corrected chi connectivity index (χ3v) is 6.04. The van der Waals surface area contributed by atoms with E-state index in [0.29, 0.717) is 25.2 Å². The van der Waals surface area contributed by atoms with Crippen molar-refractivity contribution in [1.29, 1.82) is 0 Å². The summed E-state index contributed by atoms with van der Waals surface area (Å²) >= 11 is 0. The van der Waals surface area contributed by atoms with Gasteiger partial charge in [-0.3, -0.25) is 4.79 Å². The van der Waals surface area contributed by atoms with E-state index in [0.717, 1.165) is 45.3 Å². The highest BCUT2D eigenvalue weighted by Gasteiger charge is 2.40. The van der Waals surface area contributed by atoms with Crippen LogP contribution in [0, 0.1) is 12.3 Å². The van der Waals surface area contributed by atoms with Gasteiger partial charge in [0.15, 0.2) is 5.66 Å². The quantitative estimate of drug-likeness (QED) is 0.737. The third-order valence-electron chi connectivity index (χ3n) is 6.04. The van der Waals surface area contributed by atoms with Crippen LogP contribution in [-0.4, -0.2) is 39.1 Å². The number of likely N-dealkylation sites (tertiary alicyclic amines) is 1. The SMILES string of the molecule is C#CCCC1(CCC(=O)N2CCC(c3ncc4n3CCCC4)CC2)N=N1. The molecule has 6 heteroatoms. The third kappa shape index (κ3) is 3.53. The molecule has 3 aliphatic heterocycles. The Balaban J connectivity index is 1.26. The Bertz CT molecular complexity index is 730. The number of hydrogen-bond donors (Lipinski definition) is 0. The van der Waals surface area contributed by atoms with Crippen molar-refractivity contribution in [3.05, 3.63) is 17.7 Å². The standard InChI is InChI=1S/C20H27N5O/c1-2-3-10-20(22-23-20)11-7-18(26)24-13-8-16(9-14-24)19-21-15-17-6-4-5-12-25(17)19/h1,15-16H,3-14H2. The van der Waals surface area contributed by atoms with E-state index in [1.165, 1.54) is 24.4 Å². The number of nitrogens with zero attached hydrogens (tertiary/aromatic N) is 5. The zero-order chi connectivity index (χ0) is 18.0. The fraction of sp³-hybridized carbons (Fsp3) is 0.700. The monoisotopic (exact) mass is 353 g/mol. The van der Waals surface area contributed by atoms with Crippen molar-refractivity contribution in [1.82, 2.24) is 14.5 Å². The molecule has 0 aliphatic carbocycles. The molecule has 4 rings (SSSR count). The van der Waals surface area contributed by atoms with Crippen LogP contribution in [0.5, 0.6) is 0 Å². The number of piperidine rings is 1. The van der Waals surface area contributed by atoms with Crippen molar-refractivity contribution < 1.29 is 4.79 Å². The molecule has 1 aromatic rings. The average Bonchev–Trinajstić information content (AvgIpc) is 3.33. The average molecular weight is 353 g/mol. The zero-order valence-electron chi connectivity index (χ0n) is 15.4. The molecule has 0 saturated carbocycles. The van der Waals surface area contributed by atoms with Crippen LogP contribution in [0.3, 0.4) is 0 Å². The van der Waals surface area contributed by atoms with Gasteiger partial charge in [-0.2, -0.15) is 10.2 Å². The van der Waals surface area contributed by atoms with Gasteiger partial charge in [-0.1, -0.05) is 0 Å². The smallest absolute Gasteiger partial charge is 0.222 e. The normalized spacial score (nSPS) is 21.3. The van der Waals surface area contributed by atoms with E-state index in [-0.39, 0.29) is 11.6 Å². The van der Waals surface area contributed by atoms with Crippen molar-refractivity contribution >= 4 is 5.91 Å². The molecule has 0 N–H and O–H groups in total. The molecule has 0 bridgehead atoms. The summed E-state index contributed by atoms with van der Waals surface area (Å²) in [6.45, 7) is 2.77. The second-order valence-corrected chi connectivity index (χ2v) is 7.76. The number of hydrogen-bond acceptors (Lipinski definition) is 4. The summed E-state index contributed by atoms with van der Waals surface area (Å²) in [7, 11) is 0. The van der Waals surface area contributed by atoms with Crippen LogP contribution in [0.4, 0.5) is 0 Å². The summed E-state index contributed by atoms with van der Waals surface area (Å²) in [5, 5.41) is 8.25. The summed E-state index contributed by atoms with van der Waals surface area (Å²) in [4.78, 5) is 19.3. The first-order chi connectivity index (χ1) is 12.7. The van der Waals surface area contributed by atoms with E-state index in [1.807, 2.05) is 4.90 Å². The Morgan fingerprint density at radius 1 is 1.23 bits per heavy atom. The van der Waals surface area contributed by atoms with E-state index in [4.69, 9.17) is 11.4 Å². The van der Waals surface area contributed by atoms with Crippen LogP contribution < -0.4 is 0 Å². The van der Waals surface area contributed by atoms with Crippen molar-refractivity contribution in [2.75, 3.05) is 13.1 Å². The molecule has 138 valence electrons. The first kappa shape index (κ1) is 17.3. The number of aryl methyl sites for hydroxylation is 1. The molecule has 4 heterocycles. The van der Waals surface area contributed by atoms with E-state index in [1.54, 1.807) is 0 Å². The lowest BCUT2D eigenvalue weighted by molar-refractivity contribution is -0.132. The first-order valence-corrected chi connectivity index (χ1v) is 9.90. The largest absolute Gasteiger partial charge is 0.343 e. The Labute approximate surface area is 155 Å². The predicted molar refractivity (Wildman–Crippen MR) is 98.6 cm³/mol. The maximum absolute atomic E-state index is 12.6. The fourth-order valence-corrected chi connectivity index (χ4v) is 4.31. The van der Waals surface area contributed by atoms with E-state index in [9.17, 15) is 4.79 Å². The van der Waals surface area contributed by atoms with Crippen molar-refractivity contribution in [2.24, 2.45) is 10.2 Å². The molecule has 1 saturated heterocycles. The fourth-order valence-electron chi connectivity index (χ4n) is 4.31. The molecule has 0 atom stereocenters. The Kier molecular flexibility index (Phi) is 4.80. The molecule has 1 fully saturated rings. The minimum atomic E-state index is -0.352. The number of carbonyl (C=O) groups is 1. The number of aromatic nitrogens is 2. The molecule has 26 heavy (non-hydrogen) atoms. The maximum atomic E-state index is 12.6. The molecule has 0 radical (unpaired) electrons. The molecule has 0 aromatic carbocycles. The molecular weight excluding hydrogens is 326 g/mol. The maximum Gasteiger partial charge on any atom is 0.222 e. The lowest BCUT2D eigenvalue weighted by Crippen LogP contribution is -2.38. The molecule has 6 nitrogen and oxygen atoms in total. The molecular formula is C20H27N5O. The molecule has 0 spiro atoms. The number of carbonyl (C=O) groups excluding carboxylic acids is 1. The van der Waals surface area contributed by atoms with Crippen LogP contribution in [0.2, 0.25) is 0 Å². The van der Waals surface area contributed by atoms with Gasteiger partial charge < -0.3 is 9.47 Å². The Hall–Kier alpha value is -2.16. The Morgan fingerprint density at radius 3 is 2.77 bits per heavy atom. The van der Waals surface area contributed by atoms with Gasteiger partial charge >= 0.3 is 0 Å². The van der Waals surface area contributed by atoms with Gasteiger partial charge in [-0.15, -0.1) is 12.3 Å². The summed E-state index contributed by atoms with van der Waals surface area (Å²) < 4.78 is 2.43. The molecule has 1 aromatic heterocycles.